The van der Waals surface area contributed by atoms with Gasteiger partial charge in [0.25, 0.3) is 0 Å². The Morgan fingerprint density at radius 3 is 2.39 bits per heavy atom. The van der Waals surface area contributed by atoms with Crippen LogP contribution in [0.25, 0.3) is 4.48 Å². The van der Waals surface area contributed by atoms with Crippen molar-refractivity contribution in [2.45, 2.75) is 13.8 Å². The summed E-state index contributed by atoms with van der Waals surface area (Å²) >= 11 is 9.34. The minimum absolute atomic E-state index is 0.0695. The Kier molecular flexibility index (Phi) is 3.56. The van der Waals surface area contributed by atoms with E-state index in [9.17, 15) is 4.79 Å². The van der Waals surface area contributed by atoms with E-state index in [1.807, 2.05) is 44.2 Å². The highest BCUT2D eigenvalue weighted by atomic mass is 79.9. The third-order valence-electron chi connectivity index (χ3n) is 3.62. The second-order valence-electron chi connectivity index (χ2n) is 5.18. The van der Waals surface area contributed by atoms with Crippen LogP contribution in [0.1, 0.15) is 19.4 Å². The first-order valence-corrected chi connectivity index (χ1v) is 6.87. The van der Waals surface area contributed by atoms with Crippen LogP contribution in [0.2, 0.25) is 5.02 Å². The largest absolute Gasteiger partial charge is 0.481 e. The Bertz CT molecular complexity index is 505. The fourth-order valence-electron chi connectivity index (χ4n) is 2.32. The molecular formula is C14H14BrClO2. The van der Waals surface area contributed by atoms with Gasteiger partial charge in [-0.05, 0) is 29.0 Å². The van der Waals surface area contributed by atoms with Crippen molar-refractivity contribution < 1.29 is 9.90 Å². The van der Waals surface area contributed by atoms with Gasteiger partial charge >= 0.3 is 5.97 Å². The molecular weight excluding hydrogens is 316 g/mol. The van der Waals surface area contributed by atoms with E-state index in [0.717, 1.165) is 10.0 Å². The van der Waals surface area contributed by atoms with Crippen LogP contribution in [0, 0.1) is 17.3 Å². The molecule has 96 valence electrons. The summed E-state index contributed by atoms with van der Waals surface area (Å²) in [5.41, 5.74) is 0.836. The van der Waals surface area contributed by atoms with Crippen LogP contribution >= 0.6 is 27.5 Å². The number of carboxylic acids is 1. The van der Waals surface area contributed by atoms with Crippen LogP contribution in [0.5, 0.6) is 0 Å². The highest BCUT2D eigenvalue weighted by Crippen LogP contribution is 2.60. The summed E-state index contributed by atoms with van der Waals surface area (Å²) in [6.07, 6.45) is 1.99. The van der Waals surface area contributed by atoms with Gasteiger partial charge in [0.05, 0.1) is 5.92 Å². The number of hydrogen-bond donors (Lipinski definition) is 1. The molecule has 0 spiro atoms. The SMILES string of the molecule is CC1(C)C(C=C(Br)c2ccc(Cl)cc2)C1C(=O)O. The van der Waals surface area contributed by atoms with Crippen molar-refractivity contribution in [2.24, 2.45) is 17.3 Å². The van der Waals surface area contributed by atoms with Crippen molar-refractivity contribution in [3.8, 4) is 0 Å². The first-order chi connectivity index (χ1) is 8.34. The number of carbonyl (C=O) groups is 1. The zero-order valence-corrected chi connectivity index (χ0v) is 12.5. The van der Waals surface area contributed by atoms with E-state index in [1.165, 1.54) is 0 Å². The molecule has 2 unspecified atom stereocenters. The highest BCUT2D eigenvalue weighted by Gasteiger charge is 2.60. The van der Waals surface area contributed by atoms with E-state index in [1.54, 1.807) is 0 Å². The predicted octanol–water partition coefficient (Wildman–Crippen LogP) is 4.43. The molecule has 2 nitrogen and oxygen atoms in total. The van der Waals surface area contributed by atoms with Crippen molar-refractivity contribution in [2.75, 3.05) is 0 Å². The molecule has 0 heterocycles. The summed E-state index contributed by atoms with van der Waals surface area (Å²) in [4.78, 5) is 11.1. The number of rotatable bonds is 3. The highest BCUT2D eigenvalue weighted by molar-refractivity contribution is 9.15. The lowest BCUT2D eigenvalue weighted by molar-refractivity contribution is -0.139. The topological polar surface area (TPSA) is 37.3 Å². The van der Waals surface area contributed by atoms with Gasteiger partial charge in [-0.25, -0.2) is 0 Å². The van der Waals surface area contributed by atoms with Crippen LogP contribution in [0.3, 0.4) is 0 Å². The number of allylic oxidation sites excluding steroid dienone is 1. The predicted molar refractivity (Wildman–Crippen MR) is 76.8 cm³/mol. The Hall–Kier alpha value is -0.800. The molecule has 1 N–H and O–H groups in total. The first-order valence-electron chi connectivity index (χ1n) is 5.70. The number of benzene rings is 1. The molecule has 0 bridgehead atoms. The third kappa shape index (κ3) is 2.47. The summed E-state index contributed by atoms with van der Waals surface area (Å²) < 4.78 is 0.918. The first kappa shape index (κ1) is 13.6. The molecule has 0 aromatic heterocycles. The average molecular weight is 330 g/mol. The zero-order chi connectivity index (χ0) is 13.5. The van der Waals surface area contributed by atoms with E-state index >= 15 is 0 Å². The van der Waals surface area contributed by atoms with Gasteiger partial charge in [0.15, 0.2) is 0 Å². The van der Waals surface area contributed by atoms with E-state index in [-0.39, 0.29) is 17.3 Å². The molecule has 4 heteroatoms. The Morgan fingerprint density at radius 2 is 1.94 bits per heavy atom. The lowest BCUT2D eigenvalue weighted by atomic mass is 10.1. The maximum Gasteiger partial charge on any atom is 0.307 e. The molecule has 1 saturated carbocycles. The monoisotopic (exact) mass is 328 g/mol. The van der Waals surface area contributed by atoms with Gasteiger partial charge in [0, 0.05) is 9.51 Å². The molecule has 0 radical (unpaired) electrons. The van der Waals surface area contributed by atoms with Gasteiger partial charge in [-0.3, -0.25) is 4.79 Å². The van der Waals surface area contributed by atoms with Crippen LogP contribution in [0.15, 0.2) is 30.3 Å². The lowest BCUT2D eigenvalue weighted by Crippen LogP contribution is -2.02. The van der Waals surface area contributed by atoms with Crippen molar-refractivity contribution in [1.82, 2.24) is 0 Å². The molecule has 0 saturated heterocycles. The molecule has 1 fully saturated rings. The Balaban J connectivity index is 2.20. The maximum atomic E-state index is 11.1. The van der Waals surface area contributed by atoms with Crippen LogP contribution in [-0.4, -0.2) is 11.1 Å². The third-order valence-corrected chi connectivity index (χ3v) is 4.60. The minimum Gasteiger partial charge on any atom is -0.481 e. The van der Waals surface area contributed by atoms with E-state index in [2.05, 4.69) is 15.9 Å². The van der Waals surface area contributed by atoms with Crippen LogP contribution in [-0.2, 0) is 4.79 Å². The second kappa shape index (κ2) is 4.71. The summed E-state index contributed by atoms with van der Waals surface area (Å²) in [7, 11) is 0. The molecule has 0 aliphatic heterocycles. The van der Waals surface area contributed by atoms with Gasteiger partial charge in [-0.2, -0.15) is 0 Å². The molecule has 0 amide bonds. The van der Waals surface area contributed by atoms with E-state index in [0.29, 0.717) is 5.02 Å². The Labute approximate surface area is 120 Å². The average Bonchev–Trinajstić information content (AvgIpc) is 2.81. The van der Waals surface area contributed by atoms with Crippen LogP contribution < -0.4 is 0 Å². The second-order valence-corrected chi connectivity index (χ2v) is 6.48. The summed E-state index contributed by atoms with van der Waals surface area (Å²) in [5.74, 6) is -0.949. The maximum absolute atomic E-state index is 11.1. The normalized spacial score (nSPS) is 25.9. The van der Waals surface area contributed by atoms with Crippen molar-refractivity contribution >= 4 is 38.0 Å². The molecule has 1 aromatic carbocycles. The number of halogens is 2. The quantitative estimate of drug-likeness (QED) is 0.890. The standard InChI is InChI=1S/C14H14BrClO2/c1-14(2)10(12(14)13(17)18)7-11(15)8-3-5-9(16)6-4-8/h3-7,10,12H,1-2H3,(H,17,18). The van der Waals surface area contributed by atoms with Gasteiger partial charge in [-0.1, -0.05) is 59.6 Å². The summed E-state index contributed by atoms with van der Waals surface area (Å²) in [6, 6.07) is 7.46. The molecule has 1 aromatic rings. The molecule has 1 aliphatic carbocycles. The van der Waals surface area contributed by atoms with E-state index in [4.69, 9.17) is 16.7 Å². The smallest absolute Gasteiger partial charge is 0.307 e. The van der Waals surface area contributed by atoms with Gasteiger partial charge in [-0.15, -0.1) is 0 Å². The fraction of sp³-hybridized carbons (Fsp3) is 0.357. The van der Waals surface area contributed by atoms with Gasteiger partial charge < -0.3 is 5.11 Å². The fourth-order valence-corrected chi connectivity index (χ4v) is 3.00. The van der Waals surface area contributed by atoms with Crippen molar-refractivity contribution in [3.05, 3.63) is 40.9 Å². The molecule has 2 atom stereocenters. The number of carboxylic acid groups (broad SMARTS) is 1. The van der Waals surface area contributed by atoms with Crippen molar-refractivity contribution in [3.63, 3.8) is 0 Å². The summed E-state index contributed by atoms with van der Waals surface area (Å²) in [6.45, 7) is 3.96. The van der Waals surface area contributed by atoms with Crippen LogP contribution in [0.4, 0.5) is 0 Å². The van der Waals surface area contributed by atoms with Gasteiger partial charge in [0.1, 0.15) is 0 Å². The van der Waals surface area contributed by atoms with Gasteiger partial charge in [0.2, 0.25) is 0 Å². The molecule has 18 heavy (non-hydrogen) atoms. The molecule has 2 rings (SSSR count). The van der Waals surface area contributed by atoms with E-state index < -0.39 is 5.97 Å². The number of hydrogen-bond acceptors (Lipinski definition) is 1. The minimum atomic E-state index is -0.724. The zero-order valence-electron chi connectivity index (χ0n) is 10.2. The molecule has 1 aliphatic rings. The number of aliphatic carboxylic acids is 1. The Morgan fingerprint density at radius 1 is 1.39 bits per heavy atom. The lowest BCUT2D eigenvalue weighted by Gasteiger charge is -2.01. The van der Waals surface area contributed by atoms with Crippen molar-refractivity contribution in [1.29, 1.82) is 0 Å². The summed E-state index contributed by atoms with van der Waals surface area (Å²) in [5, 5.41) is 9.81.